The van der Waals surface area contributed by atoms with E-state index in [1.165, 1.54) is 20.0 Å². The van der Waals surface area contributed by atoms with Crippen molar-refractivity contribution in [2.45, 2.75) is 45.5 Å². The standard InChI is InChI=1S/C19H25FN6O2/c1-11(2)25-17-14(18(27)21-9-16(20)19(3,4)28)8-24-26-10-12(5-15(17)26)13-6-22-23-7-13/h5-8,10-11,16,25,28H,9H2,1-4H3,(H,21,27)(H,22,23)/t16-/m1/s1. The molecule has 0 bridgehead atoms. The van der Waals surface area contributed by atoms with Crippen molar-refractivity contribution in [1.29, 1.82) is 0 Å². The first-order chi connectivity index (χ1) is 13.2. The minimum atomic E-state index is -1.59. The number of rotatable bonds is 7. The molecule has 3 aromatic rings. The molecule has 3 rings (SSSR count). The summed E-state index contributed by atoms with van der Waals surface area (Å²) in [6, 6.07) is 1.98. The van der Waals surface area contributed by atoms with Gasteiger partial charge in [-0.2, -0.15) is 10.2 Å². The summed E-state index contributed by atoms with van der Waals surface area (Å²) < 4.78 is 15.7. The fraction of sp³-hybridized carbons (Fsp3) is 0.421. The van der Waals surface area contributed by atoms with Crippen molar-refractivity contribution in [2.24, 2.45) is 0 Å². The number of carbonyl (C=O) groups excluding carboxylic acids is 1. The summed E-state index contributed by atoms with van der Waals surface area (Å²) in [6.45, 7) is 6.35. The van der Waals surface area contributed by atoms with E-state index in [2.05, 4.69) is 25.9 Å². The van der Waals surface area contributed by atoms with Gasteiger partial charge in [-0.25, -0.2) is 8.91 Å². The number of amides is 1. The van der Waals surface area contributed by atoms with Crippen LogP contribution in [0.25, 0.3) is 16.6 Å². The maximum atomic E-state index is 14.0. The molecule has 8 nitrogen and oxygen atoms in total. The minimum absolute atomic E-state index is 0.0651. The molecule has 1 amide bonds. The maximum absolute atomic E-state index is 14.0. The Morgan fingerprint density at radius 1 is 1.36 bits per heavy atom. The molecule has 0 aliphatic rings. The molecule has 3 heterocycles. The summed E-state index contributed by atoms with van der Waals surface area (Å²) in [5, 5.41) is 26.6. The number of anilines is 1. The first-order valence-corrected chi connectivity index (χ1v) is 9.08. The third kappa shape index (κ3) is 4.14. The molecule has 28 heavy (non-hydrogen) atoms. The highest BCUT2D eigenvalue weighted by molar-refractivity contribution is 6.03. The summed E-state index contributed by atoms with van der Waals surface area (Å²) in [4.78, 5) is 12.7. The molecule has 0 saturated carbocycles. The van der Waals surface area contributed by atoms with Crippen molar-refractivity contribution in [1.82, 2.24) is 25.1 Å². The minimum Gasteiger partial charge on any atom is -0.387 e. The van der Waals surface area contributed by atoms with E-state index in [0.717, 1.165) is 16.6 Å². The van der Waals surface area contributed by atoms with E-state index in [0.29, 0.717) is 11.3 Å². The topological polar surface area (TPSA) is 107 Å². The molecule has 9 heteroatoms. The van der Waals surface area contributed by atoms with Crippen molar-refractivity contribution in [3.05, 3.63) is 36.4 Å². The van der Waals surface area contributed by atoms with Crippen LogP contribution in [0.15, 0.2) is 30.9 Å². The summed E-state index contributed by atoms with van der Waals surface area (Å²) in [6.07, 6.45) is 5.19. The highest BCUT2D eigenvalue weighted by atomic mass is 19.1. The van der Waals surface area contributed by atoms with Gasteiger partial charge in [0.25, 0.3) is 5.91 Å². The van der Waals surface area contributed by atoms with Crippen LogP contribution in [0, 0.1) is 0 Å². The van der Waals surface area contributed by atoms with Gasteiger partial charge >= 0.3 is 0 Å². The number of H-pyrrole nitrogens is 1. The average Bonchev–Trinajstić information content (AvgIpc) is 3.27. The number of carbonyl (C=O) groups is 1. The van der Waals surface area contributed by atoms with Gasteiger partial charge in [0, 0.05) is 29.6 Å². The molecule has 0 unspecified atom stereocenters. The van der Waals surface area contributed by atoms with Gasteiger partial charge in [0.15, 0.2) is 0 Å². The van der Waals surface area contributed by atoms with Crippen molar-refractivity contribution >= 4 is 17.1 Å². The molecule has 0 aliphatic carbocycles. The van der Waals surface area contributed by atoms with Gasteiger partial charge in [0.1, 0.15) is 6.17 Å². The highest BCUT2D eigenvalue weighted by Crippen LogP contribution is 2.28. The van der Waals surface area contributed by atoms with Crippen LogP contribution in [-0.4, -0.2) is 55.2 Å². The van der Waals surface area contributed by atoms with Crippen molar-refractivity contribution in [3.8, 4) is 11.1 Å². The van der Waals surface area contributed by atoms with E-state index < -0.39 is 17.7 Å². The second-order valence-electron chi connectivity index (χ2n) is 7.61. The normalized spacial score (nSPS) is 13.1. The third-order valence-electron chi connectivity index (χ3n) is 4.35. The second kappa shape index (κ2) is 7.59. The lowest BCUT2D eigenvalue weighted by molar-refractivity contribution is -0.00177. The summed E-state index contributed by atoms with van der Waals surface area (Å²) in [5.41, 5.74) is 1.90. The molecule has 4 N–H and O–H groups in total. The van der Waals surface area contributed by atoms with Gasteiger partial charge in [0.2, 0.25) is 0 Å². The third-order valence-corrected chi connectivity index (χ3v) is 4.35. The molecule has 1 atom stereocenters. The Bertz CT molecular complexity index is 959. The van der Waals surface area contributed by atoms with E-state index in [-0.39, 0.29) is 12.6 Å². The number of aromatic amines is 1. The molecule has 0 aliphatic heterocycles. The van der Waals surface area contributed by atoms with Crippen molar-refractivity contribution in [2.75, 3.05) is 11.9 Å². The number of hydrogen-bond acceptors (Lipinski definition) is 5. The second-order valence-corrected chi connectivity index (χ2v) is 7.61. The number of halogens is 1. The van der Waals surface area contributed by atoms with Crippen LogP contribution in [0.5, 0.6) is 0 Å². The Kier molecular flexibility index (Phi) is 5.37. The zero-order valence-corrected chi connectivity index (χ0v) is 16.3. The molecule has 0 saturated heterocycles. The lowest BCUT2D eigenvalue weighted by Crippen LogP contribution is -2.42. The Labute approximate surface area is 162 Å². The molecular weight excluding hydrogens is 363 g/mol. The number of hydrogen-bond donors (Lipinski definition) is 4. The van der Waals surface area contributed by atoms with Gasteiger partial charge in [-0.15, -0.1) is 0 Å². The lowest BCUT2D eigenvalue weighted by Gasteiger charge is -2.23. The Morgan fingerprint density at radius 3 is 2.71 bits per heavy atom. The maximum Gasteiger partial charge on any atom is 0.255 e. The molecule has 150 valence electrons. The summed E-state index contributed by atoms with van der Waals surface area (Å²) >= 11 is 0. The molecule has 0 radical (unpaired) electrons. The van der Waals surface area contributed by atoms with Crippen LogP contribution in [0.3, 0.4) is 0 Å². The van der Waals surface area contributed by atoms with Gasteiger partial charge in [-0.3, -0.25) is 9.89 Å². The number of fused-ring (bicyclic) bond motifs is 1. The number of alkyl halides is 1. The number of aromatic nitrogens is 4. The zero-order chi connectivity index (χ0) is 20.5. The molecule has 3 aromatic heterocycles. The highest BCUT2D eigenvalue weighted by Gasteiger charge is 2.27. The number of aliphatic hydroxyl groups is 1. The fourth-order valence-corrected chi connectivity index (χ4v) is 2.76. The molecule has 0 aromatic carbocycles. The van der Waals surface area contributed by atoms with Crippen LogP contribution in [0.2, 0.25) is 0 Å². The van der Waals surface area contributed by atoms with Crippen LogP contribution in [0.1, 0.15) is 38.1 Å². The van der Waals surface area contributed by atoms with Gasteiger partial charge in [-0.1, -0.05) is 0 Å². The molecule has 0 spiro atoms. The summed E-state index contributed by atoms with van der Waals surface area (Å²) in [7, 11) is 0. The zero-order valence-electron chi connectivity index (χ0n) is 16.3. The number of nitrogens with one attached hydrogen (secondary N) is 3. The average molecular weight is 388 g/mol. The quantitative estimate of drug-likeness (QED) is 0.497. The van der Waals surface area contributed by atoms with E-state index in [1.54, 1.807) is 16.9 Å². The smallest absolute Gasteiger partial charge is 0.255 e. The van der Waals surface area contributed by atoms with E-state index in [9.17, 15) is 14.3 Å². The van der Waals surface area contributed by atoms with Crippen molar-refractivity contribution < 1.29 is 14.3 Å². The van der Waals surface area contributed by atoms with Gasteiger partial charge < -0.3 is 15.7 Å². The van der Waals surface area contributed by atoms with Gasteiger partial charge in [-0.05, 0) is 33.8 Å². The lowest BCUT2D eigenvalue weighted by atomic mass is 10.0. The van der Waals surface area contributed by atoms with Crippen LogP contribution in [-0.2, 0) is 0 Å². The van der Waals surface area contributed by atoms with E-state index >= 15 is 0 Å². The van der Waals surface area contributed by atoms with Crippen LogP contribution in [0.4, 0.5) is 10.1 Å². The SMILES string of the molecule is CC(C)Nc1c(C(=O)NC[C@@H](F)C(C)(C)O)cnn2cc(-c3cn[nH]c3)cc12. The predicted molar refractivity (Wildman–Crippen MR) is 105 cm³/mol. The van der Waals surface area contributed by atoms with E-state index in [1.807, 2.05) is 26.1 Å². The first kappa shape index (κ1) is 19.8. The Morgan fingerprint density at radius 2 is 2.11 bits per heavy atom. The first-order valence-electron chi connectivity index (χ1n) is 9.08. The predicted octanol–water partition coefficient (Wildman–Crippen LogP) is 2.38. The summed E-state index contributed by atoms with van der Waals surface area (Å²) in [5.74, 6) is -0.462. The van der Waals surface area contributed by atoms with Crippen LogP contribution >= 0.6 is 0 Å². The van der Waals surface area contributed by atoms with E-state index in [4.69, 9.17) is 0 Å². The van der Waals surface area contributed by atoms with Gasteiger partial charge in [0.05, 0.1) is 41.3 Å². The fourth-order valence-electron chi connectivity index (χ4n) is 2.76. The molecular formula is C19H25FN6O2. The van der Waals surface area contributed by atoms with Crippen molar-refractivity contribution in [3.63, 3.8) is 0 Å². The Balaban J connectivity index is 1.96. The van der Waals surface area contributed by atoms with Crippen LogP contribution < -0.4 is 10.6 Å². The number of nitrogens with zero attached hydrogens (tertiary/aromatic N) is 3. The largest absolute Gasteiger partial charge is 0.387 e. The monoisotopic (exact) mass is 388 g/mol. The Hall–Kier alpha value is -2.94. The molecule has 0 fully saturated rings.